The Kier molecular flexibility index (Phi) is 7.22. The third-order valence-corrected chi connectivity index (χ3v) is 5.44. The molecule has 3 rings (SSSR count). The molecule has 2 aromatic rings. The van der Waals surface area contributed by atoms with Gasteiger partial charge in [-0.15, -0.1) is 0 Å². The number of pyridine rings is 1. The zero-order chi connectivity index (χ0) is 20.6. The van der Waals surface area contributed by atoms with Crippen LogP contribution in [-0.2, 0) is 0 Å². The molecule has 0 unspecified atom stereocenters. The SMILES string of the molecule is CCNc1ccc(NC(=O)c2cc(C(=O)NCCC3CCCC3)ccc2C)cn1. The summed E-state index contributed by atoms with van der Waals surface area (Å²) in [7, 11) is 0. The number of amides is 2. The summed E-state index contributed by atoms with van der Waals surface area (Å²) in [6.07, 6.45) is 7.81. The molecule has 1 saturated carbocycles. The standard InChI is InChI=1S/C23H30N4O2/c1-3-24-21-11-10-19(15-26-21)27-23(29)20-14-18(9-8-16(20)2)22(28)25-13-12-17-6-4-5-7-17/h8-11,14-15,17H,3-7,12-13H2,1-2H3,(H,24,26)(H,25,28)(H,27,29). The number of nitrogens with one attached hydrogen (secondary N) is 3. The minimum atomic E-state index is -0.249. The second kappa shape index (κ2) is 10.0. The third-order valence-electron chi connectivity index (χ3n) is 5.44. The normalized spacial score (nSPS) is 13.9. The van der Waals surface area contributed by atoms with E-state index >= 15 is 0 Å². The highest BCUT2D eigenvalue weighted by Gasteiger charge is 2.16. The number of hydrogen-bond acceptors (Lipinski definition) is 4. The van der Waals surface area contributed by atoms with Gasteiger partial charge >= 0.3 is 0 Å². The Bertz CT molecular complexity index is 842. The molecule has 154 valence electrons. The van der Waals surface area contributed by atoms with E-state index in [1.807, 2.05) is 26.0 Å². The number of nitrogens with zero attached hydrogens (tertiary/aromatic N) is 1. The summed E-state index contributed by atoms with van der Waals surface area (Å²) in [5.41, 5.74) is 2.43. The van der Waals surface area contributed by atoms with E-state index in [-0.39, 0.29) is 11.8 Å². The summed E-state index contributed by atoms with van der Waals surface area (Å²) in [6.45, 7) is 5.33. The first-order valence-electron chi connectivity index (χ1n) is 10.5. The summed E-state index contributed by atoms with van der Waals surface area (Å²) in [6, 6.07) is 8.87. The Labute approximate surface area is 172 Å². The molecule has 6 heteroatoms. The van der Waals surface area contributed by atoms with E-state index in [2.05, 4.69) is 20.9 Å². The van der Waals surface area contributed by atoms with Crippen LogP contribution in [-0.4, -0.2) is 29.9 Å². The number of hydrogen-bond donors (Lipinski definition) is 3. The molecule has 1 aromatic carbocycles. The lowest BCUT2D eigenvalue weighted by molar-refractivity contribution is 0.0951. The fraction of sp³-hybridized carbons (Fsp3) is 0.435. The molecule has 1 aromatic heterocycles. The number of anilines is 2. The first-order chi connectivity index (χ1) is 14.1. The van der Waals surface area contributed by atoms with E-state index in [4.69, 9.17) is 0 Å². The molecule has 1 aliphatic rings. The summed E-state index contributed by atoms with van der Waals surface area (Å²) in [5.74, 6) is 1.12. The molecule has 0 spiro atoms. The molecule has 0 atom stereocenters. The Morgan fingerprint density at radius 2 is 1.90 bits per heavy atom. The van der Waals surface area contributed by atoms with Gasteiger partial charge in [-0.3, -0.25) is 9.59 Å². The number of rotatable bonds is 8. The van der Waals surface area contributed by atoms with E-state index in [9.17, 15) is 9.59 Å². The summed E-state index contributed by atoms with van der Waals surface area (Å²) in [5, 5.41) is 8.96. The summed E-state index contributed by atoms with van der Waals surface area (Å²) in [4.78, 5) is 29.5. The van der Waals surface area contributed by atoms with Crippen molar-refractivity contribution in [1.29, 1.82) is 0 Å². The molecular formula is C23H30N4O2. The Morgan fingerprint density at radius 3 is 2.59 bits per heavy atom. The fourth-order valence-electron chi connectivity index (χ4n) is 3.75. The van der Waals surface area contributed by atoms with Gasteiger partial charge in [0.1, 0.15) is 5.82 Å². The van der Waals surface area contributed by atoms with Crippen molar-refractivity contribution in [1.82, 2.24) is 10.3 Å². The largest absolute Gasteiger partial charge is 0.370 e. The molecule has 2 amide bonds. The van der Waals surface area contributed by atoms with Crippen LogP contribution in [0.4, 0.5) is 11.5 Å². The smallest absolute Gasteiger partial charge is 0.255 e. The van der Waals surface area contributed by atoms with Crippen molar-refractivity contribution < 1.29 is 9.59 Å². The van der Waals surface area contributed by atoms with Gasteiger partial charge in [-0.2, -0.15) is 0 Å². The highest BCUT2D eigenvalue weighted by molar-refractivity contribution is 6.07. The lowest BCUT2D eigenvalue weighted by Crippen LogP contribution is -2.26. The Morgan fingerprint density at radius 1 is 1.10 bits per heavy atom. The number of carbonyl (C=O) groups is 2. The zero-order valence-electron chi connectivity index (χ0n) is 17.3. The fourth-order valence-corrected chi connectivity index (χ4v) is 3.75. The minimum absolute atomic E-state index is 0.131. The van der Waals surface area contributed by atoms with Gasteiger partial charge in [0.2, 0.25) is 0 Å². The van der Waals surface area contributed by atoms with Crippen molar-refractivity contribution in [3.8, 4) is 0 Å². The van der Waals surface area contributed by atoms with Gasteiger partial charge in [-0.1, -0.05) is 31.7 Å². The van der Waals surface area contributed by atoms with Gasteiger partial charge in [-0.05, 0) is 56.0 Å². The number of carbonyl (C=O) groups excluding carboxylic acids is 2. The second-order valence-electron chi connectivity index (χ2n) is 7.64. The molecule has 0 bridgehead atoms. The molecule has 29 heavy (non-hydrogen) atoms. The predicted octanol–water partition coefficient (Wildman–Crippen LogP) is 4.38. The van der Waals surface area contributed by atoms with Crippen molar-refractivity contribution in [3.05, 3.63) is 53.2 Å². The van der Waals surface area contributed by atoms with Crippen LogP contribution in [0.5, 0.6) is 0 Å². The first-order valence-corrected chi connectivity index (χ1v) is 10.5. The minimum Gasteiger partial charge on any atom is -0.370 e. The van der Waals surface area contributed by atoms with Crippen molar-refractivity contribution >= 4 is 23.3 Å². The molecule has 1 heterocycles. The number of benzene rings is 1. The molecule has 6 nitrogen and oxygen atoms in total. The van der Waals surface area contributed by atoms with Gasteiger partial charge < -0.3 is 16.0 Å². The van der Waals surface area contributed by atoms with E-state index < -0.39 is 0 Å². The Balaban J connectivity index is 1.61. The first kappa shape index (κ1) is 20.8. The maximum Gasteiger partial charge on any atom is 0.255 e. The van der Waals surface area contributed by atoms with Gasteiger partial charge in [0.25, 0.3) is 11.8 Å². The lowest BCUT2D eigenvalue weighted by atomic mass is 10.0. The van der Waals surface area contributed by atoms with Gasteiger partial charge in [-0.25, -0.2) is 4.98 Å². The average molecular weight is 395 g/mol. The monoisotopic (exact) mass is 394 g/mol. The van der Waals surface area contributed by atoms with E-state index in [1.165, 1.54) is 25.7 Å². The highest BCUT2D eigenvalue weighted by Crippen LogP contribution is 2.27. The predicted molar refractivity (Wildman–Crippen MR) is 116 cm³/mol. The van der Waals surface area contributed by atoms with Crippen LogP contribution in [0.2, 0.25) is 0 Å². The van der Waals surface area contributed by atoms with Crippen LogP contribution < -0.4 is 16.0 Å². The van der Waals surface area contributed by atoms with Crippen LogP contribution in [0.1, 0.15) is 65.3 Å². The number of aryl methyl sites for hydroxylation is 1. The maximum absolute atomic E-state index is 12.7. The van der Waals surface area contributed by atoms with Crippen molar-refractivity contribution in [3.63, 3.8) is 0 Å². The molecule has 1 fully saturated rings. The molecule has 0 aliphatic heterocycles. The molecular weight excluding hydrogens is 364 g/mol. The van der Waals surface area contributed by atoms with Crippen molar-refractivity contribution in [2.24, 2.45) is 5.92 Å². The highest BCUT2D eigenvalue weighted by atomic mass is 16.2. The van der Waals surface area contributed by atoms with Crippen LogP contribution in [0, 0.1) is 12.8 Å². The van der Waals surface area contributed by atoms with Gasteiger partial charge in [0.05, 0.1) is 11.9 Å². The molecule has 0 saturated heterocycles. The van der Waals surface area contributed by atoms with Gasteiger partial charge in [0.15, 0.2) is 0 Å². The van der Waals surface area contributed by atoms with E-state index in [0.29, 0.717) is 23.4 Å². The van der Waals surface area contributed by atoms with Crippen LogP contribution in [0.25, 0.3) is 0 Å². The molecule has 1 aliphatic carbocycles. The molecule has 3 N–H and O–H groups in total. The maximum atomic E-state index is 12.7. The average Bonchev–Trinajstić information content (AvgIpc) is 3.23. The molecule has 0 radical (unpaired) electrons. The van der Waals surface area contributed by atoms with Gasteiger partial charge in [0, 0.05) is 24.2 Å². The van der Waals surface area contributed by atoms with Crippen molar-refractivity contribution in [2.45, 2.75) is 46.0 Å². The second-order valence-corrected chi connectivity index (χ2v) is 7.64. The summed E-state index contributed by atoms with van der Waals surface area (Å²) < 4.78 is 0. The zero-order valence-corrected chi connectivity index (χ0v) is 17.3. The topological polar surface area (TPSA) is 83.1 Å². The van der Waals surface area contributed by atoms with Crippen molar-refractivity contribution in [2.75, 3.05) is 23.7 Å². The lowest BCUT2D eigenvalue weighted by Gasteiger charge is -2.12. The van der Waals surface area contributed by atoms with E-state index in [1.54, 1.807) is 24.4 Å². The van der Waals surface area contributed by atoms with Crippen LogP contribution in [0.15, 0.2) is 36.5 Å². The quantitative estimate of drug-likeness (QED) is 0.620. The van der Waals surface area contributed by atoms with E-state index in [0.717, 1.165) is 30.3 Å². The Hall–Kier alpha value is -2.89. The summed E-state index contributed by atoms with van der Waals surface area (Å²) >= 11 is 0. The van der Waals surface area contributed by atoms with Crippen LogP contribution >= 0.6 is 0 Å². The third kappa shape index (κ3) is 5.79. The van der Waals surface area contributed by atoms with Crippen LogP contribution in [0.3, 0.4) is 0 Å². The number of aromatic nitrogens is 1.